The van der Waals surface area contributed by atoms with E-state index in [0.29, 0.717) is 22.2 Å². The molecule has 0 bridgehead atoms. The van der Waals surface area contributed by atoms with Crippen LogP contribution in [-0.4, -0.2) is 44.5 Å². The second-order valence-corrected chi connectivity index (χ2v) is 8.75. The fraction of sp³-hybridized carbons (Fsp3) is 0.136. The second-order valence-electron chi connectivity index (χ2n) is 7.27. The van der Waals surface area contributed by atoms with Crippen molar-refractivity contribution in [3.05, 3.63) is 77.6 Å². The number of imidazole rings is 1. The van der Waals surface area contributed by atoms with Crippen LogP contribution in [0.25, 0.3) is 16.9 Å². The van der Waals surface area contributed by atoms with Gasteiger partial charge in [-0.2, -0.15) is 0 Å². The summed E-state index contributed by atoms with van der Waals surface area (Å²) >= 11 is 7.48. The molecule has 0 saturated carbocycles. The lowest BCUT2D eigenvalue weighted by Gasteiger charge is -2.16. The Balaban J connectivity index is 1.42. The van der Waals surface area contributed by atoms with Crippen LogP contribution in [0.2, 0.25) is 5.15 Å². The van der Waals surface area contributed by atoms with E-state index in [1.165, 1.54) is 4.90 Å². The van der Waals surface area contributed by atoms with Crippen molar-refractivity contribution in [3.63, 3.8) is 0 Å². The van der Waals surface area contributed by atoms with Crippen molar-refractivity contribution in [2.75, 3.05) is 19.0 Å². The van der Waals surface area contributed by atoms with Crippen molar-refractivity contribution in [1.29, 1.82) is 0 Å². The predicted octanol–water partition coefficient (Wildman–Crippen LogP) is 3.55. The maximum atomic E-state index is 13.0. The first-order chi connectivity index (χ1) is 16.0. The zero-order valence-corrected chi connectivity index (χ0v) is 19.3. The molecular formula is C22H19ClN8OS. The minimum absolute atomic E-state index is 0.0891. The summed E-state index contributed by atoms with van der Waals surface area (Å²) in [5, 5.41) is 1.31. The Morgan fingerprint density at radius 3 is 2.64 bits per heavy atom. The summed E-state index contributed by atoms with van der Waals surface area (Å²) in [6, 6.07) is 11.6. The third kappa shape index (κ3) is 4.15. The van der Waals surface area contributed by atoms with Crippen molar-refractivity contribution in [2.24, 2.45) is 4.99 Å². The number of hydrogen-bond donors (Lipinski definition) is 2. The number of nitrogens with one attached hydrogen (secondary N) is 2. The van der Waals surface area contributed by atoms with E-state index in [0.717, 1.165) is 22.0 Å². The first kappa shape index (κ1) is 21.4. The van der Waals surface area contributed by atoms with Gasteiger partial charge in [-0.15, -0.1) is 0 Å². The van der Waals surface area contributed by atoms with Crippen LogP contribution >= 0.6 is 23.4 Å². The Hall–Kier alpha value is -3.47. The van der Waals surface area contributed by atoms with Crippen LogP contribution in [0.3, 0.4) is 0 Å². The van der Waals surface area contributed by atoms with Crippen molar-refractivity contribution < 1.29 is 4.79 Å². The number of aromatic nitrogens is 4. The van der Waals surface area contributed by atoms with Gasteiger partial charge in [0.15, 0.2) is 10.8 Å². The topological polar surface area (TPSA) is 99.8 Å². The summed E-state index contributed by atoms with van der Waals surface area (Å²) in [5.41, 5.74) is 10.8. The van der Waals surface area contributed by atoms with Gasteiger partial charge in [-0.1, -0.05) is 47.6 Å². The van der Waals surface area contributed by atoms with Crippen LogP contribution in [0.4, 0.5) is 5.69 Å². The van der Waals surface area contributed by atoms with Crippen molar-refractivity contribution in [2.45, 2.75) is 5.37 Å². The summed E-state index contributed by atoms with van der Waals surface area (Å²) in [7, 11) is 3.43. The standard InChI is InChI=1S/C22H19ClN8OS/c1-24-22-29-28-20(33-22)14-5-3-13(4-6-14)17-10-27-19-11-25-16(12-31(17)19)21(32)30(2)15-7-8-18(23)26-9-15/h3-12,20,28H,1-2H3,(H,24,29). The Labute approximate surface area is 198 Å². The third-order valence-corrected chi connectivity index (χ3v) is 6.63. The SMILES string of the molecule is CN=C1NNC(c2ccc(-c3cnc4cnc(C(=O)N(C)c5ccc(Cl)nc5)cn34)cc2)S1. The Morgan fingerprint density at radius 1 is 1.12 bits per heavy atom. The van der Waals surface area contributed by atoms with E-state index in [9.17, 15) is 4.79 Å². The van der Waals surface area contributed by atoms with Gasteiger partial charge in [-0.3, -0.25) is 19.6 Å². The highest BCUT2D eigenvalue weighted by Gasteiger charge is 2.22. The van der Waals surface area contributed by atoms with Crippen LogP contribution in [0.15, 0.2) is 66.2 Å². The average Bonchev–Trinajstić information content (AvgIpc) is 3.50. The molecule has 1 aliphatic heterocycles. The number of hydrazine groups is 1. The third-order valence-electron chi connectivity index (χ3n) is 5.27. The highest BCUT2D eigenvalue weighted by atomic mass is 35.5. The summed E-state index contributed by atoms with van der Waals surface area (Å²) < 4.78 is 1.87. The van der Waals surface area contributed by atoms with Crippen molar-refractivity contribution >= 4 is 45.8 Å². The number of pyridine rings is 1. The molecule has 4 heterocycles. The lowest BCUT2D eigenvalue weighted by Crippen LogP contribution is -2.27. The number of amidine groups is 1. The number of thioether (sulfide) groups is 1. The monoisotopic (exact) mass is 478 g/mol. The van der Waals surface area contributed by atoms with E-state index < -0.39 is 0 Å². The molecule has 1 atom stereocenters. The van der Waals surface area contributed by atoms with Gasteiger partial charge in [0.2, 0.25) is 0 Å². The smallest absolute Gasteiger partial charge is 0.278 e. The molecule has 1 aromatic carbocycles. The molecular weight excluding hydrogens is 460 g/mol. The maximum Gasteiger partial charge on any atom is 0.278 e. The summed E-state index contributed by atoms with van der Waals surface area (Å²) in [5.74, 6) is -0.263. The molecule has 3 aromatic heterocycles. The molecule has 1 saturated heterocycles. The maximum absolute atomic E-state index is 13.0. The van der Waals surface area contributed by atoms with Crippen LogP contribution in [0, 0.1) is 0 Å². The number of carbonyl (C=O) groups excluding carboxylic acids is 1. The minimum atomic E-state index is -0.263. The zero-order chi connectivity index (χ0) is 22.9. The van der Waals surface area contributed by atoms with Gasteiger partial charge >= 0.3 is 0 Å². The van der Waals surface area contributed by atoms with E-state index in [4.69, 9.17) is 11.6 Å². The van der Waals surface area contributed by atoms with Gasteiger partial charge in [0, 0.05) is 25.9 Å². The molecule has 1 fully saturated rings. The summed E-state index contributed by atoms with van der Waals surface area (Å²) in [6.07, 6.45) is 6.62. The quantitative estimate of drug-likeness (QED) is 0.433. The number of halogens is 1. The molecule has 0 radical (unpaired) electrons. The molecule has 33 heavy (non-hydrogen) atoms. The molecule has 0 aliphatic carbocycles. The molecule has 11 heteroatoms. The lowest BCUT2D eigenvalue weighted by atomic mass is 10.1. The van der Waals surface area contributed by atoms with Crippen LogP contribution in [-0.2, 0) is 0 Å². The number of nitrogens with zero attached hydrogens (tertiary/aromatic N) is 6. The molecule has 5 rings (SSSR count). The second kappa shape index (κ2) is 8.81. The first-order valence-electron chi connectivity index (χ1n) is 10.0. The Morgan fingerprint density at radius 2 is 1.94 bits per heavy atom. The molecule has 1 amide bonds. The van der Waals surface area contributed by atoms with Gasteiger partial charge in [-0.25, -0.2) is 20.4 Å². The fourth-order valence-corrected chi connectivity index (χ4v) is 4.42. The van der Waals surface area contributed by atoms with E-state index in [1.807, 2.05) is 16.5 Å². The largest absolute Gasteiger partial charge is 0.309 e. The number of rotatable bonds is 4. The van der Waals surface area contributed by atoms with Crippen molar-refractivity contribution in [3.8, 4) is 11.3 Å². The van der Waals surface area contributed by atoms with Gasteiger partial charge in [0.25, 0.3) is 5.91 Å². The van der Waals surface area contributed by atoms with E-state index in [1.54, 1.807) is 62.8 Å². The normalized spacial score (nSPS) is 16.8. The van der Waals surface area contributed by atoms with Gasteiger partial charge in [-0.05, 0) is 17.7 Å². The molecule has 9 nitrogen and oxygen atoms in total. The minimum Gasteiger partial charge on any atom is -0.309 e. The lowest BCUT2D eigenvalue weighted by molar-refractivity contribution is 0.0987. The first-order valence-corrected chi connectivity index (χ1v) is 11.3. The number of amides is 1. The van der Waals surface area contributed by atoms with Crippen LogP contribution in [0.1, 0.15) is 21.4 Å². The van der Waals surface area contributed by atoms with E-state index >= 15 is 0 Å². The molecule has 1 unspecified atom stereocenters. The van der Waals surface area contributed by atoms with Crippen molar-refractivity contribution in [1.82, 2.24) is 30.2 Å². The molecule has 4 aromatic rings. The van der Waals surface area contributed by atoms with E-state index in [-0.39, 0.29) is 11.3 Å². The van der Waals surface area contributed by atoms with E-state index in [2.05, 4.69) is 42.9 Å². The highest BCUT2D eigenvalue weighted by Crippen LogP contribution is 2.31. The predicted molar refractivity (Wildman–Crippen MR) is 130 cm³/mol. The number of aliphatic imine (C=N–C) groups is 1. The number of fused-ring (bicyclic) bond motifs is 1. The number of anilines is 1. The fourth-order valence-electron chi connectivity index (χ4n) is 3.46. The molecule has 0 spiro atoms. The summed E-state index contributed by atoms with van der Waals surface area (Å²) in [4.78, 5) is 31.5. The molecule has 166 valence electrons. The number of carbonyl (C=O) groups is 1. The molecule has 2 N–H and O–H groups in total. The van der Waals surface area contributed by atoms with Crippen LogP contribution in [0.5, 0.6) is 0 Å². The average molecular weight is 479 g/mol. The van der Waals surface area contributed by atoms with Gasteiger partial charge in [0.1, 0.15) is 16.2 Å². The zero-order valence-electron chi connectivity index (χ0n) is 17.7. The van der Waals surface area contributed by atoms with Gasteiger partial charge < -0.3 is 4.90 Å². The van der Waals surface area contributed by atoms with Gasteiger partial charge in [0.05, 0.1) is 30.0 Å². The molecule has 1 aliphatic rings. The Kier molecular flexibility index (Phi) is 5.71. The number of hydrogen-bond acceptors (Lipinski definition) is 7. The van der Waals surface area contributed by atoms with Crippen LogP contribution < -0.4 is 15.8 Å². The Bertz CT molecular complexity index is 1350. The summed E-state index contributed by atoms with van der Waals surface area (Å²) in [6.45, 7) is 0. The highest BCUT2D eigenvalue weighted by molar-refractivity contribution is 8.14. The number of benzene rings is 1.